The van der Waals surface area contributed by atoms with E-state index in [1.807, 2.05) is 0 Å². The SMILES string of the molecule is CC1=C[C@@H](c2c(O)cc(C=O)cc2O)CCC1. The average Bonchev–Trinajstić information content (AvgIpc) is 2.28. The molecule has 0 fully saturated rings. The summed E-state index contributed by atoms with van der Waals surface area (Å²) in [5.41, 5.74) is 2.11. The van der Waals surface area contributed by atoms with Crippen LogP contribution in [-0.2, 0) is 0 Å². The van der Waals surface area contributed by atoms with E-state index in [2.05, 4.69) is 13.0 Å². The van der Waals surface area contributed by atoms with Crippen molar-refractivity contribution >= 4 is 6.29 Å². The maximum Gasteiger partial charge on any atom is 0.150 e. The number of rotatable bonds is 2. The molecule has 0 heterocycles. The summed E-state index contributed by atoms with van der Waals surface area (Å²) in [5, 5.41) is 19.8. The molecule has 0 amide bonds. The Bertz CT molecular complexity index is 451. The Balaban J connectivity index is 2.45. The molecular weight excluding hydrogens is 216 g/mol. The summed E-state index contributed by atoms with van der Waals surface area (Å²) in [5.74, 6) is 0.0514. The van der Waals surface area contributed by atoms with E-state index in [4.69, 9.17) is 0 Å². The van der Waals surface area contributed by atoms with Crippen molar-refractivity contribution in [2.75, 3.05) is 0 Å². The molecule has 0 saturated heterocycles. The highest BCUT2D eigenvalue weighted by atomic mass is 16.3. The zero-order valence-electron chi connectivity index (χ0n) is 9.81. The van der Waals surface area contributed by atoms with Gasteiger partial charge in [0.25, 0.3) is 0 Å². The van der Waals surface area contributed by atoms with Gasteiger partial charge in [-0.3, -0.25) is 4.79 Å². The summed E-state index contributed by atoms with van der Waals surface area (Å²) in [6.45, 7) is 2.06. The number of aldehydes is 1. The summed E-state index contributed by atoms with van der Waals surface area (Å²) >= 11 is 0. The number of benzene rings is 1. The molecule has 3 nitrogen and oxygen atoms in total. The van der Waals surface area contributed by atoms with E-state index in [0.717, 1.165) is 19.3 Å². The highest BCUT2D eigenvalue weighted by molar-refractivity contribution is 5.77. The van der Waals surface area contributed by atoms with Crippen LogP contribution >= 0.6 is 0 Å². The van der Waals surface area contributed by atoms with Crippen LogP contribution in [0.1, 0.15) is 48.0 Å². The molecule has 1 aromatic rings. The van der Waals surface area contributed by atoms with Crippen LogP contribution in [0.5, 0.6) is 11.5 Å². The van der Waals surface area contributed by atoms with Crippen LogP contribution in [0.3, 0.4) is 0 Å². The van der Waals surface area contributed by atoms with Gasteiger partial charge >= 0.3 is 0 Å². The normalized spacial score (nSPS) is 19.8. The van der Waals surface area contributed by atoms with Crippen molar-refractivity contribution in [1.29, 1.82) is 0 Å². The lowest BCUT2D eigenvalue weighted by atomic mass is 9.85. The highest BCUT2D eigenvalue weighted by Crippen LogP contribution is 2.40. The van der Waals surface area contributed by atoms with Crippen molar-refractivity contribution in [3.8, 4) is 11.5 Å². The van der Waals surface area contributed by atoms with E-state index < -0.39 is 0 Å². The maximum atomic E-state index is 10.6. The van der Waals surface area contributed by atoms with Gasteiger partial charge in [0, 0.05) is 17.0 Å². The van der Waals surface area contributed by atoms with Crippen molar-refractivity contribution in [3.05, 3.63) is 34.9 Å². The van der Waals surface area contributed by atoms with Gasteiger partial charge in [0.05, 0.1) is 0 Å². The quantitative estimate of drug-likeness (QED) is 0.608. The molecule has 0 saturated carbocycles. The number of allylic oxidation sites excluding steroid dienone is 2. The van der Waals surface area contributed by atoms with Gasteiger partial charge in [-0.25, -0.2) is 0 Å². The first-order chi connectivity index (χ1) is 8.11. The number of phenols is 2. The predicted octanol–water partition coefficient (Wildman–Crippen LogP) is 3.12. The first kappa shape index (κ1) is 11.7. The molecular formula is C14H16O3. The Labute approximate surface area is 100 Å². The average molecular weight is 232 g/mol. The topological polar surface area (TPSA) is 57.5 Å². The van der Waals surface area contributed by atoms with E-state index in [9.17, 15) is 15.0 Å². The predicted molar refractivity (Wildman–Crippen MR) is 65.5 cm³/mol. The summed E-state index contributed by atoms with van der Waals surface area (Å²) in [7, 11) is 0. The van der Waals surface area contributed by atoms with E-state index in [0.29, 0.717) is 17.4 Å². The van der Waals surface area contributed by atoms with Crippen LogP contribution in [-0.4, -0.2) is 16.5 Å². The van der Waals surface area contributed by atoms with Gasteiger partial charge in [0.15, 0.2) is 0 Å². The van der Waals surface area contributed by atoms with Crippen LogP contribution in [0, 0.1) is 0 Å². The lowest BCUT2D eigenvalue weighted by Gasteiger charge is -2.21. The molecule has 0 unspecified atom stereocenters. The molecule has 1 atom stereocenters. The number of aromatic hydroxyl groups is 2. The Morgan fingerprint density at radius 1 is 1.29 bits per heavy atom. The van der Waals surface area contributed by atoms with Gasteiger partial charge in [0.2, 0.25) is 0 Å². The van der Waals surface area contributed by atoms with Crippen molar-refractivity contribution in [3.63, 3.8) is 0 Å². The third-order valence-corrected chi connectivity index (χ3v) is 3.24. The van der Waals surface area contributed by atoms with Crippen LogP contribution in [0.2, 0.25) is 0 Å². The number of carbonyl (C=O) groups excluding carboxylic acids is 1. The molecule has 0 bridgehead atoms. The minimum atomic E-state index is 0.00282. The standard InChI is InChI=1S/C14H16O3/c1-9-3-2-4-11(5-9)14-12(16)6-10(8-15)7-13(14)17/h5-8,11,16-17H,2-4H2,1H3/t11-/m0/s1. The zero-order chi connectivity index (χ0) is 12.4. The van der Waals surface area contributed by atoms with Gasteiger partial charge in [-0.15, -0.1) is 0 Å². The molecule has 90 valence electrons. The third-order valence-electron chi connectivity index (χ3n) is 3.24. The second kappa shape index (κ2) is 4.62. The third kappa shape index (κ3) is 2.33. The van der Waals surface area contributed by atoms with Gasteiger partial charge in [-0.1, -0.05) is 11.6 Å². The Kier molecular flexibility index (Phi) is 3.18. The van der Waals surface area contributed by atoms with Crippen molar-refractivity contribution in [1.82, 2.24) is 0 Å². The fourth-order valence-electron chi connectivity index (χ4n) is 2.43. The van der Waals surface area contributed by atoms with E-state index >= 15 is 0 Å². The molecule has 0 spiro atoms. The molecule has 2 N–H and O–H groups in total. The molecule has 2 rings (SSSR count). The molecule has 17 heavy (non-hydrogen) atoms. The first-order valence-electron chi connectivity index (χ1n) is 5.80. The van der Waals surface area contributed by atoms with E-state index in [1.54, 1.807) is 0 Å². The van der Waals surface area contributed by atoms with Crippen LogP contribution in [0.15, 0.2) is 23.8 Å². The molecule has 0 aliphatic heterocycles. The Hall–Kier alpha value is -1.77. The summed E-state index contributed by atoms with van der Waals surface area (Å²) < 4.78 is 0. The van der Waals surface area contributed by atoms with Gasteiger partial charge in [-0.2, -0.15) is 0 Å². The highest BCUT2D eigenvalue weighted by Gasteiger charge is 2.21. The summed E-state index contributed by atoms with van der Waals surface area (Å²) in [6, 6.07) is 2.81. The smallest absolute Gasteiger partial charge is 0.150 e. The fourth-order valence-corrected chi connectivity index (χ4v) is 2.43. The second-order valence-corrected chi connectivity index (χ2v) is 4.60. The van der Waals surface area contributed by atoms with Gasteiger partial charge in [-0.05, 0) is 38.3 Å². The minimum Gasteiger partial charge on any atom is -0.507 e. The fraction of sp³-hybridized carbons (Fsp3) is 0.357. The number of phenolic OH excluding ortho intramolecular Hbond substituents is 2. The molecule has 1 aromatic carbocycles. The monoisotopic (exact) mass is 232 g/mol. The van der Waals surface area contributed by atoms with Crippen molar-refractivity contribution in [2.45, 2.75) is 32.1 Å². The summed E-state index contributed by atoms with van der Waals surface area (Å²) in [4.78, 5) is 10.6. The van der Waals surface area contributed by atoms with Gasteiger partial charge in [0.1, 0.15) is 17.8 Å². The second-order valence-electron chi connectivity index (χ2n) is 4.60. The number of hydrogen-bond donors (Lipinski definition) is 2. The van der Waals surface area contributed by atoms with Crippen molar-refractivity contribution in [2.24, 2.45) is 0 Å². The Morgan fingerprint density at radius 3 is 2.47 bits per heavy atom. The largest absolute Gasteiger partial charge is 0.507 e. The van der Waals surface area contributed by atoms with E-state index in [-0.39, 0.29) is 17.4 Å². The molecule has 1 aliphatic rings. The van der Waals surface area contributed by atoms with Crippen molar-refractivity contribution < 1.29 is 15.0 Å². The number of hydrogen-bond acceptors (Lipinski definition) is 3. The molecule has 0 radical (unpaired) electrons. The lowest BCUT2D eigenvalue weighted by Crippen LogP contribution is -2.03. The molecule has 1 aliphatic carbocycles. The number of carbonyl (C=O) groups is 1. The first-order valence-corrected chi connectivity index (χ1v) is 5.80. The van der Waals surface area contributed by atoms with Crippen LogP contribution < -0.4 is 0 Å². The van der Waals surface area contributed by atoms with E-state index in [1.165, 1.54) is 17.7 Å². The van der Waals surface area contributed by atoms with Gasteiger partial charge < -0.3 is 10.2 Å². The maximum absolute atomic E-state index is 10.6. The minimum absolute atomic E-state index is 0.00282. The van der Waals surface area contributed by atoms with Crippen LogP contribution in [0.25, 0.3) is 0 Å². The lowest BCUT2D eigenvalue weighted by molar-refractivity contribution is 0.112. The zero-order valence-corrected chi connectivity index (χ0v) is 9.81. The molecule has 0 aromatic heterocycles. The summed E-state index contributed by atoms with van der Waals surface area (Å²) in [6.07, 6.45) is 5.74. The van der Waals surface area contributed by atoms with Crippen LogP contribution in [0.4, 0.5) is 0 Å². The Morgan fingerprint density at radius 2 is 1.94 bits per heavy atom. The molecule has 3 heteroatoms.